The summed E-state index contributed by atoms with van der Waals surface area (Å²) in [6.45, 7) is 4.51. The highest BCUT2D eigenvalue weighted by molar-refractivity contribution is 7.89. The van der Waals surface area contributed by atoms with E-state index in [1.807, 2.05) is 13.8 Å². The van der Waals surface area contributed by atoms with Crippen LogP contribution in [-0.2, 0) is 19.5 Å². The fourth-order valence-corrected chi connectivity index (χ4v) is 2.29. The van der Waals surface area contributed by atoms with Crippen LogP contribution in [0.5, 0.6) is 0 Å². The molecule has 0 bridgehead atoms. The molecule has 0 aliphatic heterocycles. The first-order chi connectivity index (χ1) is 7.79. The van der Waals surface area contributed by atoms with Crippen LogP contribution in [0.4, 0.5) is 0 Å². The largest absolute Gasteiger partial charge is 0.383 e. The van der Waals surface area contributed by atoms with Gasteiger partial charge in [0.25, 0.3) is 0 Å². The number of nitrogens with two attached hydrogens (primary N) is 1. The fraction of sp³-hybridized carbons (Fsp3) is 1.00. The van der Waals surface area contributed by atoms with Crippen molar-refractivity contribution in [1.29, 1.82) is 0 Å². The molecule has 0 rings (SSSR count). The lowest BCUT2D eigenvalue weighted by atomic mass is 10.3. The van der Waals surface area contributed by atoms with Gasteiger partial charge in [-0.15, -0.1) is 0 Å². The van der Waals surface area contributed by atoms with Crippen molar-refractivity contribution in [1.82, 2.24) is 4.31 Å². The summed E-state index contributed by atoms with van der Waals surface area (Å²) in [5.41, 5.74) is 5.70. The van der Waals surface area contributed by atoms with Gasteiger partial charge in [-0.3, -0.25) is 0 Å². The zero-order chi connectivity index (χ0) is 13.5. The van der Waals surface area contributed by atoms with E-state index in [1.54, 1.807) is 0 Å². The molecule has 0 fully saturated rings. The van der Waals surface area contributed by atoms with Gasteiger partial charge in [0, 0.05) is 26.7 Å². The molecule has 2 N–H and O–H groups in total. The van der Waals surface area contributed by atoms with Gasteiger partial charge in [0.2, 0.25) is 10.0 Å². The molecule has 6 nitrogen and oxygen atoms in total. The van der Waals surface area contributed by atoms with E-state index in [-0.39, 0.29) is 31.1 Å². The second-order valence-corrected chi connectivity index (χ2v) is 6.43. The molecular formula is C10H24N2O4S. The monoisotopic (exact) mass is 268 g/mol. The molecule has 7 heteroatoms. The highest BCUT2D eigenvalue weighted by Gasteiger charge is 2.20. The minimum atomic E-state index is -3.30. The molecule has 0 aromatic heterocycles. The topological polar surface area (TPSA) is 81.9 Å². The Labute approximate surface area is 104 Å². The second-order valence-electron chi connectivity index (χ2n) is 4.23. The predicted molar refractivity (Wildman–Crippen MR) is 67.4 cm³/mol. The Morgan fingerprint density at radius 3 is 2.41 bits per heavy atom. The molecule has 0 radical (unpaired) electrons. The molecule has 0 aromatic carbocycles. The molecule has 0 aliphatic carbocycles. The lowest BCUT2D eigenvalue weighted by Crippen LogP contribution is -2.42. The number of ether oxygens (including phenoxy) is 2. The third-order valence-electron chi connectivity index (χ3n) is 2.14. The van der Waals surface area contributed by atoms with Gasteiger partial charge < -0.3 is 15.2 Å². The van der Waals surface area contributed by atoms with Gasteiger partial charge in [0.1, 0.15) is 0 Å². The van der Waals surface area contributed by atoms with Crippen molar-refractivity contribution in [3.8, 4) is 0 Å². The maximum absolute atomic E-state index is 11.8. The summed E-state index contributed by atoms with van der Waals surface area (Å²) in [6, 6.07) is -0.314. The Morgan fingerprint density at radius 1 is 1.35 bits per heavy atom. The number of sulfonamides is 1. The number of hydrogen-bond donors (Lipinski definition) is 1. The van der Waals surface area contributed by atoms with Crippen molar-refractivity contribution in [2.24, 2.45) is 5.73 Å². The Kier molecular flexibility index (Phi) is 7.89. The number of rotatable bonds is 9. The van der Waals surface area contributed by atoms with Crippen molar-refractivity contribution >= 4 is 10.0 Å². The van der Waals surface area contributed by atoms with Crippen molar-refractivity contribution in [2.75, 3.05) is 39.7 Å². The summed E-state index contributed by atoms with van der Waals surface area (Å²) in [4.78, 5) is 0. The zero-order valence-electron chi connectivity index (χ0n) is 11.0. The van der Waals surface area contributed by atoms with Crippen LogP contribution in [0.15, 0.2) is 0 Å². The molecule has 0 saturated carbocycles. The van der Waals surface area contributed by atoms with Crippen LogP contribution in [0.25, 0.3) is 0 Å². The number of hydrogen-bond acceptors (Lipinski definition) is 5. The Morgan fingerprint density at radius 2 is 1.94 bits per heavy atom. The van der Waals surface area contributed by atoms with Crippen LogP contribution in [0.1, 0.15) is 13.8 Å². The first kappa shape index (κ1) is 16.8. The molecule has 0 amide bonds. The molecule has 0 spiro atoms. The van der Waals surface area contributed by atoms with Gasteiger partial charge >= 0.3 is 0 Å². The summed E-state index contributed by atoms with van der Waals surface area (Å²) in [5.74, 6) is -0.0264. The summed E-state index contributed by atoms with van der Waals surface area (Å²) < 4.78 is 34.9. The average molecular weight is 268 g/mol. The van der Waals surface area contributed by atoms with Crippen LogP contribution >= 0.6 is 0 Å². The van der Waals surface area contributed by atoms with Gasteiger partial charge in [-0.1, -0.05) is 0 Å². The minimum Gasteiger partial charge on any atom is -0.383 e. The first-order valence-electron chi connectivity index (χ1n) is 5.59. The van der Waals surface area contributed by atoms with E-state index in [0.29, 0.717) is 6.61 Å². The molecule has 0 heterocycles. The molecular weight excluding hydrogens is 244 g/mol. The summed E-state index contributed by atoms with van der Waals surface area (Å²) >= 11 is 0. The molecule has 17 heavy (non-hydrogen) atoms. The van der Waals surface area contributed by atoms with E-state index in [4.69, 9.17) is 15.2 Å². The molecule has 1 unspecified atom stereocenters. The standard InChI is InChI=1S/C10H24N2O4S/c1-9(2)16-5-6-17(13,14)12(3)7-10(11)8-15-4/h9-10H,5-8,11H2,1-4H3. The van der Waals surface area contributed by atoms with Crippen molar-refractivity contribution in [3.63, 3.8) is 0 Å². The maximum Gasteiger partial charge on any atom is 0.216 e. The summed E-state index contributed by atoms with van der Waals surface area (Å²) in [6.07, 6.45) is 0.0336. The highest BCUT2D eigenvalue weighted by atomic mass is 32.2. The van der Waals surface area contributed by atoms with Crippen molar-refractivity contribution in [2.45, 2.75) is 26.0 Å². The van der Waals surface area contributed by atoms with Crippen LogP contribution in [-0.4, -0.2) is 64.5 Å². The van der Waals surface area contributed by atoms with E-state index in [1.165, 1.54) is 18.5 Å². The van der Waals surface area contributed by atoms with E-state index in [9.17, 15) is 8.42 Å². The van der Waals surface area contributed by atoms with Gasteiger partial charge in [-0.25, -0.2) is 12.7 Å². The first-order valence-corrected chi connectivity index (χ1v) is 7.20. The molecule has 1 atom stereocenters. The van der Waals surface area contributed by atoms with Crippen LogP contribution in [0.3, 0.4) is 0 Å². The van der Waals surface area contributed by atoms with Gasteiger partial charge in [-0.2, -0.15) is 0 Å². The normalized spacial score (nSPS) is 14.5. The van der Waals surface area contributed by atoms with Crippen molar-refractivity contribution in [3.05, 3.63) is 0 Å². The maximum atomic E-state index is 11.8. The van der Waals surface area contributed by atoms with Gasteiger partial charge in [0.05, 0.1) is 25.1 Å². The van der Waals surface area contributed by atoms with Crippen LogP contribution < -0.4 is 5.73 Å². The Balaban J connectivity index is 4.11. The molecule has 104 valence electrons. The highest BCUT2D eigenvalue weighted by Crippen LogP contribution is 2.00. The van der Waals surface area contributed by atoms with E-state index >= 15 is 0 Å². The predicted octanol–water partition coefficient (Wildman–Crippen LogP) is -0.353. The van der Waals surface area contributed by atoms with Crippen LogP contribution in [0.2, 0.25) is 0 Å². The smallest absolute Gasteiger partial charge is 0.216 e. The number of likely N-dealkylation sites (N-methyl/N-ethyl adjacent to an activating group) is 1. The van der Waals surface area contributed by atoms with E-state index in [2.05, 4.69) is 0 Å². The lowest BCUT2D eigenvalue weighted by Gasteiger charge is -2.21. The zero-order valence-corrected chi connectivity index (χ0v) is 11.9. The molecule has 0 saturated heterocycles. The summed E-state index contributed by atoms with van der Waals surface area (Å²) in [7, 11) is -0.250. The average Bonchev–Trinajstić information content (AvgIpc) is 2.16. The van der Waals surface area contributed by atoms with Crippen molar-refractivity contribution < 1.29 is 17.9 Å². The second kappa shape index (κ2) is 7.99. The van der Waals surface area contributed by atoms with E-state index in [0.717, 1.165) is 0 Å². The lowest BCUT2D eigenvalue weighted by molar-refractivity contribution is 0.0907. The third-order valence-corrected chi connectivity index (χ3v) is 3.92. The fourth-order valence-electron chi connectivity index (χ4n) is 1.26. The van der Waals surface area contributed by atoms with Gasteiger partial charge in [0.15, 0.2) is 0 Å². The third kappa shape index (κ3) is 7.67. The molecule has 0 aliphatic rings. The summed E-state index contributed by atoms with van der Waals surface area (Å²) in [5, 5.41) is 0. The minimum absolute atomic E-state index is 0.0264. The van der Waals surface area contributed by atoms with Gasteiger partial charge in [-0.05, 0) is 13.8 Å². The Hall–Kier alpha value is -0.210. The number of methoxy groups -OCH3 is 1. The SMILES string of the molecule is COCC(N)CN(C)S(=O)(=O)CCOC(C)C. The molecule has 0 aromatic rings. The van der Waals surface area contributed by atoms with Crippen LogP contribution in [0, 0.1) is 0 Å². The number of nitrogens with zero attached hydrogens (tertiary/aromatic N) is 1. The van der Waals surface area contributed by atoms with E-state index < -0.39 is 10.0 Å². The quantitative estimate of drug-likeness (QED) is 0.618. The Bertz CT molecular complexity index is 293.